The molecule has 0 saturated heterocycles. The van der Waals surface area contributed by atoms with Crippen molar-refractivity contribution in [2.45, 2.75) is 26.4 Å². The molecule has 6 heteroatoms. The topological polar surface area (TPSA) is 69.2 Å². The maximum atomic E-state index is 12.1. The number of para-hydroxylation sites is 1. The Kier molecular flexibility index (Phi) is 7.02. The number of carbonyl (C=O) groups excluding carboxylic acids is 1. The van der Waals surface area contributed by atoms with Crippen molar-refractivity contribution in [2.24, 2.45) is 5.10 Å². The summed E-state index contributed by atoms with van der Waals surface area (Å²) in [6.45, 7) is 3.76. The van der Waals surface area contributed by atoms with E-state index in [0.717, 1.165) is 6.42 Å². The van der Waals surface area contributed by atoms with Gasteiger partial charge in [-0.1, -0.05) is 25.1 Å². The summed E-state index contributed by atoms with van der Waals surface area (Å²) in [5.74, 6) is 1.44. The van der Waals surface area contributed by atoms with Crippen molar-refractivity contribution in [3.05, 3.63) is 53.6 Å². The van der Waals surface area contributed by atoms with Crippen LogP contribution in [0.1, 0.15) is 25.0 Å². The van der Waals surface area contributed by atoms with Crippen molar-refractivity contribution in [1.29, 1.82) is 0 Å². The first-order valence-corrected chi connectivity index (χ1v) is 8.38. The molecule has 6 nitrogen and oxygen atoms in total. The van der Waals surface area contributed by atoms with Gasteiger partial charge in [0, 0.05) is 5.56 Å². The summed E-state index contributed by atoms with van der Waals surface area (Å²) in [5.41, 5.74) is 4.38. The summed E-state index contributed by atoms with van der Waals surface area (Å²) >= 11 is 0. The summed E-state index contributed by atoms with van der Waals surface area (Å²) < 4.78 is 16.2. The van der Waals surface area contributed by atoms with Gasteiger partial charge < -0.3 is 14.2 Å². The van der Waals surface area contributed by atoms with Gasteiger partial charge in [-0.25, -0.2) is 5.43 Å². The summed E-state index contributed by atoms with van der Waals surface area (Å²) in [5, 5.41) is 3.98. The molecule has 0 aliphatic rings. The van der Waals surface area contributed by atoms with E-state index in [1.807, 2.05) is 36.4 Å². The van der Waals surface area contributed by atoms with E-state index in [1.54, 1.807) is 27.2 Å². The van der Waals surface area contributed by atoms with E-state index >= 15 is 0 Å². The van der Waals surface area contributed by atoms with Crippen LogP contribution in [-0.4, -0.2) is 32.4 Å². The van der Waals surface area contributed by atoms with E-state index < -0.39 is 6.10 Å². The lowest BCUT2D eigenvalue weighted by Gasteiger charge is -2.13. The fourth-order valence-corrected chi connectivity index (χ4v) is 2.33. The Hall–Kier alpha value is -3.02. The Labute approximate surface area is 153 Å². The van der Waals surface area contributed by atoms with Gasteiger partial charge >= 0.3 is 0 Å². The molecule has 2 rings (SSSR count). The number of nitrogens with one attached hydrogen (secondary N) is 1. The van der Waals surface area contributed by atoms with Crippen LogP contribution in [0.3, 0.4) is 0 Å². The highest BCUT2D eigenvalue weighted by Crippen LogP contribution is 2.29. The normalized spacial score (nSPS) is 11.8. The second-order valence-electron chi connectivity index (χ2n) is 5.57. The van der Waals surface area contributed by atoms with Gasteiger partial charge in [0.2, 0.25) is 0 Å². The fourth-order valence-electron chi connectivity index (χ4n) is 2.33. The molecule has 0 aliphatic carbocycles. The lowest BCUT2D eigenvalue weighted by molar-refractivity contribution is -0.127. The summed E-state index contributed by atoms with van der Waals surface area (Å²) in [4.78, 5) is 12.1. The zero-order valence-corrected chi connectivity index (χ0v) is 15.5. The van der Waals surface area contributed by atoms with Gasteiger partial charge in [0.1, 0.15) is 5.75 Å². The molecule has 2 aromatic carbocycles. The van der Waals surface area contributed by atoms with Crippen LogP contribution < -0.4 is 19.6 Å². The molecule has 1 amide bonds. The number of benzene rings is 2. The van der Waals surface area contributed by atoms with Crippen LogP contribution in [-0.2, 0) is 11.2 Å². The van der Waals surface area contributed by atoms with Crippen molar-refractivity contribution in [3.63, 3.8) is 0 Å². The lowest BCUT2D eigenvalue weighted by Crippen LogP contribution is -2.33. The Morgan fingerprint density at radius 3 is 2.50 bits per heavy atom. The third-order valence-electron chi connectivity index (χ3n) is 3.83. The van der Waals surface area contributed by atoms with Gasteiger partial charge in [-0.2, -0.15) is 5.10 Å². The van der Waals surface area contributed by atoms with Crippen LogP contribution in [0.25, 0.3) is 0 Å². The smallest absolute Gasteiger partial charge is 0.280 e. The van der Waals surface area contributed by atoms with E-state index in [4.69, 9.17) is 14.2 Å². The third-order valence-corrected chi connectivity index (χ3v) is 3.83. The highest BCUT2D eigenvalue weighted by Gasteiger charge is 2.14. The van der Waals surface area contributed by atoms with Gasteiger partial charge in [0.05, 0.1) is 20.4 Å². The maximum absolute atomic E-state index is 12.1. The second kappa shape index (κ2) is 9.46. The molecule has 26 heavy (non-hydrogen) atoms. The summed E-state index contributed by atoms with van der Waals surface area (Å²) in [7, 11) is 3.11. The predicted octanol–water partition coefficient (Wildman–Crippen LogP) is 3.18. The molecular weight excluding hydrogens is 332 g/mol. The Morgan fingerprint density at radius 1 is 1.15 bits per heavy atom. The summed E-state index contributed by atoms with van der Waals surface area (Å²) in [6.07, 6.45) is 1.78. The van der Waals surface area contributed by atoms with Crippen molar-refractivity contribution >= 4 is 12.1 Å². The quantitative estimate of drug-likeness (QED) is 0.583. The first-order chi connectivity index (χ1) is 12.6. The third kappa shape index (κ3) is 4.99. The zero-order valence-electron chi connectivity index (χ0n) is 15.5. The molecule has 0 fully saturated rings. The molecular formula is C20H24N2O4. The van der Waals surface area contributed by atoms with E-state index in [-0.39, 0.29) is 5.91 Å². The molecule has 1 atom stereocenters. The van der Waals surface area contributed by atoms with E-state index in [9.17, 15) is 4.79 Å². The van der Waals surface area contributed by atoms with E-state index in [2.05, 4.69) is 17.5 Å². The van der Waals surface area contributed by atoms with Gasteiger partial charge in [0.25, 0.3) is 5.91 Å². The lowest BCUT2D eigenvalue weighted by atomic mass is 10.2. The van der Waals surface area contributed by atoms with Crippen molar-refractivity contribution in [3.8, 4) is 17.2 Å². The largest absolute Gasteiger partial charge is 0.493 e. The molecule has 0 heterocycles. The Morgan fingerprint density at radius 2 is 1.88 bits per heavy atom. The first-order valence-electron chi connectivity index (χ1n) is 8.38. The minimum Gasteiger partial charge on any atom is -0.493 e. The molecule has 0 radical (unpaired) electrons. The van der Waals surface area contributed by atoms with Crippen LogP contribution in [0.4, 0.5) is 0 Å². The molecule has 1 unspecified atom stereocenters. The highest BCUT2D eigenvalue weighted by atomic mass is 16.5. The molecule has 0 saturated carbocycles. The molecule has 138 valence electrons. The van der Waals surface area contributed by atoms with Gasteiger partial charge in [0.15, 0.2) is 17.6 Å². The number of hydrogen-bond acceptors (Lipinski definition) is 5. The van der Waals surface area contributed by atoms with Crippen LogP contribution in [0.2, 0.25) is 0 Å². The average Bonchev–Trinajstić information content (AvgIpc) is 2.68. The number of nitrogens with zero attached hydrogens (tertiary/aromatic N) is 1. The van der Waals surface area contributed by atoms with Crippen LogP contribution in [0, 0.1) is 0 Å². The standard InChI is InChI=1S/C20H24N2O4/c1-5-15-9-11-17(12-10-15)26-14(2)20(23)22-21-13-16-7-6-8-18(24-3)19(16)25-4/h6-14H,5H2,1-4H3,(H,22,23). The van der Waals surface area contributed by atoms with E-state index in [0.29, 0.717) is 22.8 Å². The zero-order chi connectivity index (χ0) is 18.9. The number of rotatable bonds is 8. The van der Waals surface area contributed by atoms with Crippen molar-refractivity contribution in [1.82, 2.24) is 5.43 Å². The minimum atomic E-state index is -0.674. The number of hydrogen-bond donors (Lipinski definition) is 1. The Balaban J connectivity index is 1.95. The molecule has 2 aromatic rings. The second-order valence-corrected chi connectivity index (χ2v) is 5.57. The summed E-state index contributed by atoms with van der Waals surface area (Å²) in [6, 6.07) is 13.1. The average molecular weight is 356 g/mol. The maximum Gasteiger partial charge on any atom is 0.280 e. The van der Waals surface area contributed by atoms with Gasteiger partial charge in [-0.3, -0.25) is 4.79 Å². The van der Waals surface area contributed by atoms with E-state index in [1.165, 1.54) is 11.8 Å². The fraction of sp³-hybridized carbons (Fsp3) is 0.300. The number of carbonyl (C=O) groups is 1. The van der Waals surface area contributed by atoms with Gasteiger partial charge in [-0.05, 0) is 43.2 Å². The van der Waals surface area contributed by atoms with Gasteiger partial charge in [-0.15, -0.1) is 0 Å². The first kappa shape index (κ1) is 19.3. The SMILES string of the molecule is CCc1ccc(OC(C)C(=O)NN=Cc2cccc(OC)c2OC)cc1. The van der Waals surface area contributed by atoms with Crippen molar-refractivity contribution in [2.75, 3.05) is 14.2 Å². The number of aryl methyl sites for hydroxylation is 1. The number of hydrazone groups is 1. The van der Waals surface area contributed by atoms with Crippen LogP contribution in [0.15, 0.2) is 47.6 Å². The number of amides is 1. The molecule has 1 N–H and O–H groups in total. The number of methoxy groups -OCH3 is 2. The molecule has 0 bridgehead atoms. The van der Waals surface area contributed by atoms with Crippen LogP contribution in [0.5, 0.6) is 17.2 Å². The monoisotopic (exact) mass is 356 g/mol. The van der Waals surface area contributed by atoms with Crippen LogP contribution >= 0.6 is 0 Å². The molecule has 0 aromatic heterocycles. The predicted molar refractivity (Wildman–Crippen MR) is 101 cm³/mol. The molecule has 0 aliphatic heterocycles. The number of ether oxygens (including phenoxy) is 3. The Bertz CT molecular complexity index is 757. The van der Waals surface area contributed by atoms with Crippen molar-refractivity contribution < 1.29 is 19.0 Å². The highest BCUT2D eigenvalue weighted by molar-refractivity contribution is 5.87. The minimum absolute atomic E-state index is 0.345. The molecule has 0 spiro atoms.